The summed E-state index contributed by atoms with van der Waals surface area (Å²) in [5.74, 6) is 0.990. The van der Waals surface area contributed by atoms with Crippen molar-refractivity contribution in [3.63, 3.8) is 0 Å². The van der Waals surface area contributed by atoms with E-state index in [1.807, 2.05) is 0 Å². The summed E-state index contributed by atoms with van der Waals surface area (Å²) in [6.45, 7) is 2.16. The first-order valence-corrected chi connectivity index (χ1v) is 4.95. The van der Waals surface area contributed by atoms with Crippen LogP contribution in [0.1, 0.15) is 19.8 Å². The average Bonchev–Trinajstić information content (AvgIpc) is 2.80. The molecule has 0 aliphatic heterocycles. The highest BCUT2D eigenvalue weighted by Crippen LogP contribution is 2.41. The number of rotatable bonds is 4. The lowest BCUT2D eigenvalue weighted by molar-refractivity contribution is -0.119. The Morgan fingerprint density at radius 2 is 2.46 bits per heavy atom. The molecule has 1 rings (SSSR count). The molecule has 1 N–H and O–H groups in total. The van der Waals surface area contributed by atoms with Gasteiger partial charge in [-0.3, -0.25) is 4.79 Å². The number of hydrogen-bond acceptors (Lipinski definition) is 2. The second-order valence-corrected chi connectivity index (χ2v) is 3.86. The molecule has 1 aliphatic rings. The maximum Gasteiger partial charge on any atom is 0.235 e. The second kappa shape index (κ2) is 4.48. The van der Waals surface area contributed by atoms with Crippen molar-refractivity contribution in [2.75, 3.05) is 5.88 Å². The molecule has 0 radical (unpaired) electrons. The van der Waals surface area contributed by atoms with Gasteiger partial charge in [-0.1, -0.05) is 6.92 Å². The quantitative estimate of drug-likeness (QED) is 0.696. The Labute approximate surface area is 83.1 Å². The molecule has 3 atom stereocenters. The average molecular weight is 201 g/mol. The van der Waals surface area contributed by atoms with E-state index >= 15 is 0 Å². The lowest BCUT2D eigenvalue weighted by atomic mass is 10.1. The van der Waals surface area contributed by atoms with Gasteiger partial charge >= 0.3 is 0 Å². The van der Waals surface area contributed by atoms with E-state index < -0.39 is 0 Å². The molecule has 1 saturated carbocycles. The summed E-state index contributed by atoms with van der Waals surface area (Å²) in [6, 6.07) is 1.71. The summed E-state index contributed by atoms with van der Waals surface area (Å²) in [6.07, 6.45) is 1.94. The molecule has 0 aromatic rings. The molecule has 1 aliphatic carbocycles. The van der Waals surface area contributed by atoms with Crippen molar-refractivity contribution in [1.29, 1.82) is 5.26 Å². The third-order valence-corrected chi connectivity index (χ3v) is 2.67. The lowest BCUT2D eigenvalue weighted by Crippen LogP contribution is -2.34. The van der Waals surface area contributed by atoms with E-state index in [0.717, 1.165) is 6.42 Å². The molecule has 0 heterocycles. The van der Waals surface area contributed by atoms with E-state index in [9.17, 15) is 4.79 Å². The Morgan fingerprint density at radius 1 is 1.85 bits per heavy atom. The van der Waals surface area contributed by atoms with Gasteiger partial charge in [0, 0.05) is 0 Å². The van der Waals surface area contributed by atoms with E-state index in [1.165, 1.54) is 6.42 Å². The van der Waals surface area contributed by atoms with Crippen LogP contribution in [0.3, 0.4) is 0 Å². The number of alkyl halides is 1. The number of carbonyl (C=O) groups is 1. The Hall–Kier alpha value is -0.750. The number of halogens is 1. The van der Waals surface area contributed by atoms with Crippen LogP contribution in [-0.2, 0) is 4.79 Å². The minimum atomic E-state index is -0.360. The molecule has 0 saturated heterocycles. The Morgan fingerprint density at radius 3 is 2.85 bits per heavy atom. The molecule has 0 aromatic heterocycles. The van der Waals surface area contributed by atoms with Crippen molar-refractivity contribution < 1.29 is 4.79 Å². The van der Waals surface area contributed by atoms with Crippen LogP contribution in [0.2, 0.25) is 0 Å². The molecule has 3 nitrogen and oxygen atoms in total. The van der Waals surface area contributed by atoms with Crippen LogP contribution in [0.25, 0.3) is 0 Å². The van der Waals surface area contributed by atoms with Crippen LogP contribution in [0.15, 0.2) is 0 Å². The second-order valence-electron chi connectivity index (χ2n) is 3.59. The van der Waals surface area contributed by atoms with E-state index in [0.29, 0.717) is 11.8 Å². The van der Waals surface area contributed by atoms with Gasteiger partial charge in [-0.2, -0.15) is 5.26 Å². The van der Waals surface area contributed by atoms with Gasteiger partial charge in [0.15, 0.2) is 0 Å². The van der Waals surface area contributed by atoms with Crippen molar-refractivity contribution in [2.45, 2.75) is 25.8 Å². The highest BCUT2D eigenvalue weighted by Gasteiger charge is 2.34. The third kappa shape index (κ3) is 3.23. The fourth-order valence-corrected chi connectivity index (χ4v) is 1.48. The van der Waals surface area contributed by atoms with Crippen molar-refractivity contribution in [3.05, 3.63) is 0 Å². The smallest absolute Gasteiger partial charge is 0.235 e. The first kappa shape index (κ1) is 10.3. The first-order chi connectivity index (χ1) is 6.17. The lowest BCUT2D eigenvalue weighted by Gasteiger charge is -2.09. The maximum atomic E-state index is 10.9. The van der Waals surface area contributed by atoms with Crippen molar-refractivity contribution in [1.82, 2.24) is 5.32 Å². The molecular formula is C9H13ClN2O. The summed E-state index contributed by atoms with van der Waals surface area (Å²) in [7, 11) is 0. The summed E-state index contributed by atoms with van der Waals surface area (Å²) in [4.78, 5) is 10.9. The van der Waals surface area contributed by atoms with Gasteiger partial charge in [-0.05, 0) is 24.7 Å². The molecule has 0 spiro atoms. The van der Waals surface area contributed by atoms with Crippen molar-refractivity contribution >= 4 is 17.5 Å². The van der Waals surface area contributed by atoms with Gasteiger partial charge in [-0.15, -0.1) is 11.6 Å². The van der Waals surface area contributed by atoms with Crippen LogP contribution in [0.4, 0.5) is 0 Å². The predicted molar refractivity (Wildman–Crippen MR) is 50.2 cm³/mol. The van der Waals surface area contributed by atoms with Gasteiger partial charge < -0.3 is 5.32 Å². The van der Waals surface area contributed by atoms with Gasteiger partial charge in [-0.25, -0.2) is 0 Å². The molecule has 4 heteroatoms. The molecule has 13 heavy (non-hydrogen) atoms. The zero-order valence-corrected chi connectivity index (χ0v) is 8.34. The van der Waals surface area contributed by atoms with Crippen LogP contribution in [0, 0.1) is 23.2 Å². The van der Waals surface area contributed by atoms with E-state index in [1.54, 1.807) is 0 Å². The van der Waals surface area contributed by atoms with Crippen LogP contribution < -0.4 is 5.32 Å². The largest absolute Gasteiger partial charge is 0.339 e. The molecule has 72 valence electrons. The minimum absolute atomic E-state index is 0.0710. The Bertz CT molecular complexity index is 236. The van der Waals surface area contributed by atoms with Crippen LogP contribution in [0.5, 0.6) is 0 Å². The highest BCUT2D eigenvalue weighted by molar-refractivity contribution is 6.27. The Kier molecular flexibility index (Phi) is 3.56. The highest BCUT2D eigenvalue weighted by atomic mass is 35.5. The van der Waals surface area contributed by atoms with E-state index in [-0.39, 0.29) is 17.8 Å². The van der Waals surface area contributed by atoms with Crippen molar-refractivity contribution in [2.24, 2.45) is 11.8 Å². The molecule has 1 fully saturated rings. The SMILES string of the molecule is CC1CC1C[C@@H](C#N)NC(=O)CCl. The first-order valence-electron chi connectivity index (χ1n) is 4.42. The number of nitriles is 1. The minimum Gasteiger partial charge on any atom is -0.339 e. The zero-order valence-electron chi connectivity index (χ0n) is 7.59. The monoisotopic (exact) mass is 200 g/mol. The fraction of sp³-hybridized carbons (Fsp3) is 0.778. The number of nitrogens with zero attached hydrogens (tertiary/aromatic N) is 1. The number of nitrogens with one attached hydrogen (secondary N) is 1. The molecule has 1 amide bonds. The van der Waals surface area contributed by atoms with E-state index in [4.69, 9.17) is 16.9 Å². The number of carbonyl (C=O) groups excluding carboxylic acids is 1. The number of amides is 1. The Balaban J connectivity index is 2.27. The molecule has 0 aromatic carbocycles. The summed E-state index contributed by atoms with van der Waals surface area (Å²) in [5.41, 5.74) is 0. The zero-order chi connectivity index (χ0) is 9.84. The number of hydrogen-bond donors (Lipinski definition) is 1. The maximum absolute atomic E-state index is 10.9. The van der Waals surface area contributed by atoms with E-state index in [2.05, 4.69) is 18.3 Å². The molecule has 2 unspecified atom stereocenters. The van der Waals surface area contributed by atoms with Crippen molar-refractivity contribution in [3.8, 4) is 6.07 Å². The van der Waals surface area contributed by atoms with Gasteiger partial charge in [0.1, 0.15) is 11.9 Å². The van der Waals surface area contributed by atoms with Gasteiger partial charge in [0.25, 0.3) is 0 Å². The third-order valence-electron chi connectivity index (χ3n) is 2.43. The van der Waals surface area contributed by atoms with Gasteiger partial charge in [0.2, 0.25) is 5.91 Å². The fourth-order valence-electron chi connectivity index (χ4n) is 1.41. The topological polar surface area (TPSA) is 52.9 Å². The summed E-state index contributed by atoms with van der Waals surface area (Å²) < 4.78 is 0. The van der Waals surface area contributed by atoms with Gasteiger partial charge in [0.05, 0.1) is 6.07 Å². The summed E-state index contributed by atoms with van der Waals surface area (Å²) >= 11 is 5.31. The standard InChI is InChI=1S/C9H13ClN2O/c1-6-2-7(6)3-8(5-11)12-9(13)4-10/h6-8H,2-4H2,1H3,(H,12,13)/t6?,7?,8-/m0/s1. The normalized spacial score (nSPS) is 27.5. The molecular weight excluding hydrogens is 188 g/mol. The van der Waals surface area contributed by atoms with Crippen LogP contribution >= 0.6 is 11.6 Å². The molecule has 0 bridgehead atoms. The van der Waals surface area contributed by atoms with Crippen LogP contribution in [-0.4, -0.2) is 17.8 Å². The summed E-state index contributed by atoms with van der Waals surface area (Å²) in [5, 5.41) is 11.3. The predicted octanol–water partition coefficient (Wildman–Crippen LogP) is 1.28.